The second-order valence-corrected chi connectivity index (χ2v) is 14.9. The van der Waals surface area contributed by atoms with Crippen LogP contribution in [0, 0.1) is 6.92 Å². The van der Waals surface area contributed by atoms with Crippen LogP contribution in [0.5, 0.6) is 5.75 Å². The first-order valence-electron chi connectivity index (χ1n) is 16.5. The number of rotatable bonds is 14. The first-order valence-corrected chi connectivity index (χ1v) is 18.7. The lowest BCUT2D eigenvalue weighted by Gasteiger charge is -2.34. The van der Waals surface area contributed by atoms with E-state index in [4.69, 9.17) is 27.9 Å². The highest BCUT2D eigenvalue weighted by atomic mass is 35.5. The Bertz CT molecular complexity index is 1850. The molecular formula is C38H41Cl2N3O5S. The molecule has 258 valence electrons. The van der Waals surface area contributed by atoms with E-state index in [1.54, 1.807) is 61.5 Å². The predicted octanol–water partition coefficient (Wildman–Crippen LogP) is 7.59. The van der Waals surface area contributed by atoms with Gasteiger partial charge in [0, 0.05) is 19.0 Å². The molecule has 1 N–H and O–H groups in total. The number of hydrogen-bond donors (Lipinski definition) is 1. The minimum atomic E-state index is -4.28. The van der Waals surface area contributed by atoms with Gasteiger partial charge in [0.1, 0.15) is 18.3 Å². The molecule has 1 aliphatic carbocycles. The standard InChI is InChI=1S/C38H41Cl2N3O5S/c1-3-48-36-16-10-9-15-34(36)43(49(46,47)31-20-17-27(2)18-21-31)26-37(44)42(25-29-19-22-32(39)33(40)23-29)35(24-28-11-5-4-6-12-28)38(45)41-30-13-7-8-14-30/h4-6,9-12,15-23,30,35H,3,7-8,13-14,24-26H2,1-2H3,(H,41,45)/t35-/m1/s1. The highest BCUT2D eigenvalue weighted by molar-refractivity contribution is 7.92. The van der Waals surface area contributed by atoms with E-state index >= 15 is 0 Å². The number of ether oxygens (including phenoxy) is 1. The van der Waals surface area contributed by atoms with E-state index in [9.17, 15) is 18.0 Å². The summed E-state index contributed by atoms with van der Waals surface area (Å²) in [6.45, 7) is 3.34. The number of nitrogens with one attached hydrogen (secondary N) is 1. The molecule has 0 spiro atoms. The van der Waals surface area contributed by atoms with Crippen molar-refractivity contribution >= 4 is 50.7 Å². The highest BCUT2D eigenvalue weighted by Crippen LogP contribution is 2.33. The van der Waals surface area contributed by atoms with Crippen molar-refractivity contribution in [3.63, 3.8) is 0 Å². The van der Waals surface area contributed by atoms with Crippen LogP contribution in [0.1, 0.15) is 49.3 Å². The fourth-order valence-electron chi connectivity index (χ4n) is 6.05. The molecule has 0 unspecified atom stereocenters. The molecule has 0 heterocycles. The van der Waals surface area contributed by atoms with Gasteiger partial charge in [-0.15, -0.1) is 0 Å². The zero-order chi connectivity index (χ0) is 35.0. The van der Waals surface area contributed by atoms with Gasteiger partial charge in [0.15, 0.2) is 0 Å². The Morgan fingerprint density at radius 1 is 0.878 bits per heavy atom. The molecule has 49 heavy (non-hydrogen) atoms. The minimum Gasteiger partial charge on any atom is -0.492 e. The normalized spacial score (nSPS) is 13.9. The maximum atomic E-state index is 14.8. The van der Waals surface area contributed by atoms with Crippen molar-refractivity contribution in [3.05, 3.63) is 124 Å². The Labute approximate surface area is 299 Å². The van der Waals surface area contributed by atoms with Crippen LogP contribution >= 0.6 is 23.2 Å². The Balaban J connectivity index is 1.60. The van der Waals surface area contributed by atoms with Gasteiger partial charge in [-0.3, -0.25) is 13.9 Å². The average Bonchev–Trinajstić information content (AvgIpc) is 3.61. The van der Waals surface area contributed by atoms with Gasteiger partial charge in [-0.25, -0.2) is 8.42 Å². The molecule has 8 nitrogen and oxygen atoms in total. The van der Waals surface area contributed by atoms with Crippen LogP contribution in [-0.2, 0) is 32.6 Å². The molecule has 1 atom stereocenters. The van der Waals surface area contributed by atoms with E-state index in [0.717, 1.165) is 41.1 Å². The summed E-state index contributed by atoms with van der Waals surface area (Å²) in [6, 6.07) is 26.7. The van der Waals surface area contributed by atoms with Gasteiger partial charge in [-0.2, -0.15) is 0 Å². The van der Waals surface area contributed by atoms with Crippen molar-refractivity contribution < 1.29 is 22.7 Å². The smallest absolute Gasteiger partial charge is 0.264 e. The second-order valence-electron chi connectivity index (χ2n) is 12.2. The fourth-order valence-corrected chi connectivity index (χ4v) is 7.79. The molecule has 0 bridgehead atoms. The molecule has 1 aliphatic rings. The van der Waals surface area contributed by atoms with E-state index in [1.807, 2.05) is 37.3 Å². The summed E-state index contributed by atoms with van der Waals surface area (Å²) < 4.78 is 35.7. The molecular weight excluding hydrogens is 681 g/mol. The van der Waals surface area contributed by atoms with Crippen molar-refractivity contribution in [1.82, 2.24) is 10.2 Å². The van der Waals surface area contributed by atoms with E-state index in [2.05, 4.69) is 5.32 Å². The van der Waals surface area contributed by atoms with Crippen LogP contribution in [0.15, 0.2) is 102 Å². The fraction of sp³-hybridized carbons (Fsp3) is 0.316. The molecule has 0 aliphatic heterocycles. The number of nitrogens with zero attached hydrogens (tertiary/aromatic N) is 2. The summed E-state index contributed by atoms with van der Waals surface area (Å²) in [5.41, 5.74) is 2.59. The highest BCUT2D eigenvalue weighted by Gasteiger charge is 2.36. The summed E-state index contributed by atoms with van der Waals surface area (Å²) in [5.74, 6) is -0.563. The van der Waals surface area contributed by atoms with Crippen LogP contribution in [0.4, 0.5) is 5.69 Å². The maximum absolute atomic E-state index is 14.8. The molecule has 1 saturated carbocycles. The number of hydrogen-bond acceptors (Lipinski definition) is 5. The lowest BCUT2D eigenvalue weighted by atomic mass is 10.0. The molecule has 11 heteroatoms. The second kappa shape index (κ2) is 16.6. The number of amides is 2. The first-order chi connectivity index (χ1) is 23.6. The number of sulfonamides is 1. The number of carbonyl (C=O) groups is 2. The Morgan fingerprint density at radius 2 is 1.55 bits per heavy atom. The number of benzene rings is 4. The maximum Gasteiger partial charge on any atom is 0.264 e. The zero-order valence-corrected chi connectivity index (χ0v) is 30.0. The molecule has 0 aromatic heterocycles. The van der Waals surface area contributed by atoms with E-state index < -0.39 is 28.5 Å². The number of aryl methyl sites for hydroxylation is 1. The van der Waals surface area contributed by atoms with E-state index in [-0.39, 0.29) is 42.1 Å². The van der Waals surface area contributed by atoms with Gasteiger partial charge >= 0.3 is 0 Å². The van der Waals surface area contributed by atoms with Crippen molar-refractivity contribution in [2.75, 3.05) is 17.5 Å². The van der Waals surface area contributed by atoms with Gasteiger partial charge < -0.3 is 15.0 Å². The van der Waals surface area contributed by atoms with E-state index in [0.29, 0.717) is 21.4 Å². The van der Waals surface area contributed by atoms with Crippen LogP contribution in [-0.4, -0.2) is 50.4 Å². The van der Waals surface area contributed by atoms with Crippen LogP contribution < -0.4 is 14.4 Å². The molecule has 5 rings (SSSR count). The Kier molecular flexibility index (Phi) is 12.3. The van der Waals surface area contributed by atoms with Gasteiger partial charge in [-0.1, -0.05) is 102 Å². The van der Waals surface area contributed by atoms with E-state index in [1.165, 1.54) is 17.0 Å². The van der Waals surface area contributed by atoms with Crippen molar-refractivity contribution in [3.8, 4) is 5.75 Å². The average molecular weight is 723 g/mol. The third-order valence-electron chi connectivity index (χ3n) is 8.63. The van der Waals surface area contributed by atoms with Gasteiger partial charge in [0.2, 0.25) is 11.8 Å². The summed E-state index contributed by atoms with van der Waals surface area (Å²) >= 11 is 12.6. The van der Waals surface area contributed by atoms with Crippen LogP contribution in [0.25, 0.3) is 0 Å². The third-order valence-corrected chi connectivity index (χ3v) is 11.1. The van der Waals surface area contributed by atoms with Crippen LogP contribution in [0.2, 0.25) is 10.0 Å². The van der Waals surface area contributed by atoms with Gasteiger partial charge in [-0.05, 0) is 74.2 Å². The first kappa shape index (κ1) is 36.2. The lowest BCUT2D eigenvalue weighted by Crippen LogP contribution is -2.54. The van der Waals surface area contributed by atoms with Crippen molar-refractivity contribution in [2.45, 2.75) is 69.5 Å². The monoisotopic (exact) mass is 721 g/mol. The molecule has 2 amide bonds. The number of anilines is 1. The SMILES string of the molecule is CCOc1ccccc1N(CC(=O)N(Cc1ccc(Cl)c(Cl)c1)[C@H](Cc1ccccc1)C(=O)NC1CCCC1)S(=O)(=O)c1ccc(C)cc1. The number of carbonyl (C=O) groups excluding carboxylic acids is 2. The van der Waals surface area contributed by atoms with Gasteiger partial charge in [0.05, 0.1) is 27.2 Å². The summed E-state index contributed by atoms with van der Waals surface area (Å²) in [5, 5.41) is 3.84. The Hall–Kier alpha value is -4.05. The predicted molar refractivity (Wildman–Crippen MR) is 195 cm³/mol. The number of para-hydroxylation sites is 2. The summed E-state index contributed by atoms with van der Waals surface area (Å²) in [4.78, 5) is 30.5. The largest absolute Gasteiger partial charge is 0.492 e. The molecule has 0 saturated heterocycles. The quantitative estimate of drug-likeness (QED) is 0.145. The van der Waals surface area contributed by atoms with Crippen LogP contribution in [0.3, 0.4) is 0 Å². The molecule has 4 aromatic rings. The molecule has 0 radical (unpaired) electrons. The summed E-state index contributed by atoms with van der Waals surface area (Å²) in [7, 11) is -4.28. The molecule has 1 fully saturated rings. The van der Waals surface area contributed by atoms with Crippen molar-refractivity contribution in [1.29, 1.82) is 0 Å². The topological polar surface area (TPSA) is 96.0 Å². The minimum absolute atomic E-state index is 0.00387. The number of halogens is 2. The summed E-state index contributed by atoms with van der Waals surface area (Å²) in [6.07, 6.45) is 3.98. The van der Waals surface area contributed by atoms with Crippen molar-refractivity contribution in [2.24, 2.45) is 0 Å². The zero-order valence-electron chi connectivity index (χ0n) is 27.6. The Morgan fingerprint density at radius 3 is 2.22 bits per heavy atom. The third kappa shape index (κ3) is 9.15. The molecule has 4 aromatic carbocycles. The lowest BCUT2D eigenvalue weighted by molar-refractivity contribution is -0.140. The van der Waals surface area contributed by atoms with Gasteiger partial charge in [0.25, 0.3) is 10.0 Å².